The van der Waals surface area contributed by atoms with Crippen LogP contribution < -0.4 is 0 Å². The summed E-state index contributed by atoms with van der Waals surface area (Å²) >= 11 is 0. The highest BCUT2D eigenvalue weighted by molar-refractivity contribution is 6.44. The Balaban J connectivity index is 1.41. The fraction of sp³-hybridized carbons (Fsp3) is 0. The molecule has 0 spiro atoms. The first kappa shape index (κ1) is 26.3. The zero-order valence-electron chi connectivity index (χ0n) is 26.9. The summed E-state index contributed by atoms with van der Waals surface area (Å²) in [6, 6.07) is 53.5. The third kappa shape index (κ3) is 3.28. The normalized spacial score (nSPS) is 12.4. The fourth-order valence-corrected chi connectivity index (χ4v) is 9.24. The summed E-state index contributed by atoms with van der Waals surface area (Å²) in [4.78, 5) is 10.1. The van der Waals surface area contributed by atoms with Crippen molar-refractivity contribution in [2.45, 2.75) is 0 Å². The number of hydrogen-bond donors (Lipinski definition) is 0. The molecule has 12 rings (SSSR count). The molecule has 2 aromatic heterocycles. The molecule has 0 N–H and O–H groups in total. The average molecular weight is 631 g/mol. The second-order valence-electron chi connectivity index (χ2n) is 13.6. The van der Waals surface area contributed by atoms with E-state index in [2.05, 4.69) is 133 Å². The fourth-order valence-electron chi connectivity index (χ4n) is 9.24. The van der Waals surface area contributed by atoms with Gasteiger partial charge in [0.1, 0.15) is 0 Å². The zero-order chi connectivity index (χ0) is 32.5. The smallest absolute Gasteiger partial charge is 0.0714 e. The molecular formula is C48H26N2. The van der Waals surface area contributed by atoms with Crippen molar-refractivity contribution in [1.82, 2.24) is 9.97 Å². The van der Waals surface area contributed by atoms with Gasteiger partial charge in [-0.25, -0.2) is 0 Å². The van der Waals surface area contributed by atoms with Crippen LogP contribution >= 0.6 is 0 Å². The lowest BCUT2D eigenvalue weighted by atomic mass is 9.88. The van der Waals surface area contributed by atoms with Crippen molar-refractivity contribution in [2.24, 2.45) is 0 Å². The molecule has 228 valence electrons. The Hall–Kier alpha value is -6.64. The number of benzene rings is 8. The van der Waals surface area contributed by atoms with Crippen LogP contribution in [0.1, 0.15) is 0 Å². The van der Waals surface area contributed by atoms with Crippen molar-refractivity contribution in [3.8, 4) is 22.5 Å². The van der Waals surface area contributed by atoms with E-state index in [1.165, 1.54) is 108 Å². The van der Waals surface area contributed by atoms with Crippen molar-refractivity contribution >= 4 is 97.0 Å². The van der Waals surface area contributed by atoms with E-state index in [1.807, 2.05) is 24.5 Å². The highest BCUT2D eigenvalue weighted by Crippen LogP contribution is 2.53. The molecule has 2 heteroatoms. The van der Waals surface area contributed by atoms with Gasteiger partial charge in [-0.05, 0) is 135 Å². The van der Waals surface area contributed by atoms with Gasteiger partial charge in [-0.3, -0.25) is 9.97 Å². The van der Waals surface area contributed by atoms with Crippen LogP contribution in [-0.4, -0.2) is 9.97 Å². The second-order valence-corrected chi connectivity index (χ2v) is 13.6. The Kier molecular flexibility index (Phi) is 5.00. The molecule has 0 atom stereocenters. The molecule has 0 bridgehead atoms. The third-order valence-corrected chi connectivity index (χ3v) is 11.2. The van der Waals surface area contributed by atoms with Crippen molar-refractivity contribution in [1.29, 1.82) is 0 Å². The van der Waals surface area contributed by atoms with Gasteiger partial charge in [-0.2, -0.15) is 0 Å². The van der Waals surface area contributed by atoms with Crippen LogP contribution in [0.25, 0.3) is 119 Å². The van der Waals surface area contributed by atoms with Crippen LogP contribution in [0.15, 0.2) is 158 Å². The molecule has 0 unspecified atom stereocenters. The summed E-state index contributed by atoms with van der Waals surface area (Å²) in [6.45, 7) is 0. The summed E-state index contributed by atoms with van der Waals surface area (Å²) in [5, 5.41) is 22.9. The summed E-state index contributed by atoms with van der Waals surface area (Å²) in [5.41, 5.74) is 4.32. The number of aromatic nitrogens is 2. The molecule has 0 aliphatic rings. The highest BCUT2D eigenvalue weighted by atomic mass is 14.7. The van der Waals surface area contributed by atoms with Crippen LogP contribution in [0, 0.1) is 0 Å². The molecule has 2 heterocycles. The average Bonchev–Trinajstić information content (AvgIpc) is 3.67. The van der Waals surface area contributed by atoms with Crippen LogP contribution in [0.2, 0.25) is 0 Å². The third-order valence-electron chi connectivity index (χ3n) is 11.2. The number of hydrogen-bond acceptors (Lipinski definition) is 2. The van der Waals surface area contributed by atoms with Crippen molar-refractivity contribution < 1.29 is 0 Å². The van der Waals surface area contributed by atoms with Gasteiger partial charge in [0, 0.05) is 34.3 Å². The molecule has 12 aromatic rings. The predicted octanol–water partition coefficient (Wildman–Crippen LogP) is 13.1. The van der Waals surface area contributed by atoms with E-state index < -0.39 is 0 Å². The van der Waals surface area contributed by atoms with E-state index in [1.54, 1.807) is 0 Å². The van der Waals surface area contributed by atoms with E-state index in [9.17, 15) is 0 Å². The zero-order valence-corrected chi connectivity index (χ0v) is 26.9. The number of nitrogens with zero attached hydrogens (tertiary/aromatic N) is 2. The van der Waals surface area contributed by atoms with Gasteiger partial charge in [-0.1, -0.05) is 97.1 Å². The molecule has 0 saturated carbocycles. The van der Waals surface area contributed by atoms with E-state index in [0.717, 1.165) is 11.4 Å². The molecule has 50 heavy (non-hydrogen) atoms. The standard InChI is InChI=1S/C48H26N2/c1-3-13-29-27(11-1)23-37-36-26-39-38(25-35(36)33-17-9-15-31(29)43(33)37)45(41-19-5-7-21-49-41)47-34-18-10-16-32-30-14-4-2-12-28(30)24-40(44(32)34)48(47)46(39)42-20-6-8-22-50-42/h1-26H. The molecular weight excluding hydrogens is 605 g/mol. The maximum atomic E-state index is 5.07. The summed E-state index contributed by atoms with van der Waals surface area (Å²) in [5.74, 6) is 0. The molecule has 2 nitrogen and oxygen atoms in total. The Morgan fingerprint density at radius 3 is 1.28 bits per heavy atom. The quantitative estimate of drug-likeness (QED) is 0.178. The lowest BCUT2D eigenvalue weighted by molar-refractivity contribution is 1.33. The second kappa shape index (κ2) is 9.49. The topological polar surface area (TPSA) is 25.8 Å². The number of fused-ring (bicyclic) bond motifs is 11. The molecule has 0 amide bonds. The number of pyridine rings is 2. The monoisotopic (exact) mass is 630 g/mol. The first-order chi connectivity index (χ1) is 24.8. The maximum Gasteiger partial charge on any atom is 0.0714 e. The van der Waals surface area contributed by atoms with E-state index in [4.69, 9.17) is 9.97 Å². The summed E-state index contributed by atoms with van der Waals surface area (Å²) in [7, 11) is 0. The minimum atomic E-state index is 0.981. The van der Waals surface area contributed by atoms with Gasteiger partial charge in [0.25, 0.3) is 0 Å². The Bertz CT molecular complexity index is 3350. The Morgan fingerprint density at radius 2 is 0.700 bits per heavy atom. The molecule has 0 fully saturated rings. The van der Waals surface area contributed by atoms with Gasteiger partial charge in [0.2, 0.25) is 0 Å². The Labute approximate surface area is 286 Å². The van der Waals surface area contributed by atoms with Gasteiger partial charge in [-0.15, -0.1) is 0 Å². The lowest BCUT2D eigenvalue weighted by Gasteiger charge is -2.16. The predicted molar refractivity (Wildman–Crippen MR) is 213 cm³/mol. The molecule has 0 aliphatic heterocycles. The Morgan fingerprint density at radius 1 is 0.260 bits per heavy atom. The largest absolute Gasteiger partial charge is 0.256 e. The SMILES string of the molecule is c1ccc(-c2c3cc4c(cc3c(-c3ccccn3)c3c5cc6ccccc6c6cccc(c23)c65)c2cc3ccccc3c3cccc4c32)nc1. The van der Waals surface area contributed by atoms with Crippen LogP contribution in [0.5, 0.6) is 0 Å². The van der Waals surface area contributed by atoms with Crippen molar-refractivity contribution in [2.75, 3.05) is 0 Å². The van der Waals surface area contributed by atoms with Gasteiger partial charge >= 0.3 is 0 Å². The van der Waals surface area contributed by atoms with Crippen molar-refractivity contribution in [3.05, 3.63) is 158 Å². The van der Waals surface area contributed by atoms with E-state index in [-0.39, 0.29) is 0 Å². The van der Waals surface area contributed by atoms with Crippen molar-refractivity contribution in [3.63, 3.8) is 0 Å². The van der Waals surface area contributed by atoms with Crippen LogP contribution in [-0.2, 0) is 0 Å². The number of rotatable bonds is 2. The lowest BCUT2D eigenvalue weighted by Crippen LogP contribution is -1.92. The van der Waals surface area contributed by atoms with Gasteiger partial charge < -0.3 is 0 Å². The molecule has 0 saturated heterocycles. The maximum absolute atomic E-state index is 5.07. The van der Waals surface area contributed by atoms with Crippen LogP contribution in [0.3, 0.4) is 0 Å². The van der Waals surface area contributed by atoms with Gasteiger partial charge in [0.15, 0.2) is 0 Å². The van der Waals surface area contributed by atoms with Gasteiger partial charge in [0.05, 0.1) is 11.4 Å². The highest BCUT2D eigenvalue weighted by Gasteiger charge is 2.26. The van der Waals surface area contributed by atoms with E-state index in [0.29, 0.717) is 0 Å². The first-order valence-corrected chi connectivity index (χ1v) is 17.2. The van der Waals surface area contributed by atoms with E-state index >= 15 is 0 Å². The summed E-state index contributed by atoms with van der Waals surface area (Å²) < 4.78 is 0. The van der Waals surface area contributed by atoms with Crippen LogP contribution in [0.4, 0.5) is 0 Å². The first-order valence-electron chi connectivity index (χ1n) is 17.2. The molecule has 10 aromatic carbocycles. The molecule has 0 radical (unpaired) electrons. The summed E-state index contributed by atoms with van der Waals surface area (Å²) in [6.07, 6.45) is 3.85. The molecule has 0 aliphatic carbocycles. The minimum Gasteiger partial charge on any atom is -0.256 e. The minimum absolute atomic E-state index is 0.981.